The van der Waals surface area contributed by atoms with Gasteiger partial charge in [0.25, 0.3) is 5.91 Å². The largest absolute Gasteiger partial charge is 0.481 e. The predicted octanol–water partition coefficient (Wildman–Crippen LogP) is 1.08. The third kappa shape index (κ3) is 3.65. The molecule has 1 aliphatic rings. The van der Waals surface area contributed by atoms with Gasteiger partial charge in [0.2, 0.25) is 5.91 Å². The molecule has 7 nitrogen and oxygen atoms in total. The van der Waals surface area contributed by atoms with E-state index in [9.17, 15) is 14.4 Å². The van der Waals surface area contributed by atoms with Crippen molar-refractivity contribution in [3.63, 3.8) is 0 Å². The van der Waals surface area contributed by atoms with E-state index in [1.807, 2.05) is 13.0 Å². The summed E-state index contributed by atoms with van der Waals surface area (Å²) in [6, 6.07) is 6.66. The van der Waals surface area contributed by atoms with E-state index in [0.717, 1.165) is 10.9 Å². The summed E-state index contributed by atoms with van der Waals surface area (Å²) in [7, 11) is 0. The molecule has 2 aromatic rings. The summed E-state index contributed by atoms with van der Waals surface area (Å²) in [5.74, 6) is 0.0105. The number of benzene rings is 1. The molecule has 7 heteroatoms. The molecule has 1 unspecified atom stereocenters. The van der Waals surface area contributed by atoms with Crippen molar-refractivity contribution in [2.45, 2.75) is 26.4 Å². The van der Waals surface area contributed by atoms with E-state index in [0.29, 0.717) is 30.8 Å². The second kappa shape index (κ2) is 6.96. The van der Waals surface area contributed by atoms with Gasteiger partial charge in [-0.15, -0.1) is 0 Å². The Labute approximate surface area is 144 Å². The molecule has 1 aromatic carbocycles. The van der Waals surface area contributed by atoms with Crippen LogP contribution in [0.5, 0.6) is 5.75 Å². The molecule has 1 fully saturated rings. The van der Waals surface area contributed by atoms with Gasteiger partial charge in [0.05, 0.1) is 6.54 Å². The van der Waals surface area contributed by atoms with Crippen LogP contribution in [0.15, 0.2) is 33.5 Å². The molecule has 0 spiro atoms. The molecule has 2 amide bonds. The number of hydrogen-bond donors (Lipinski definition) is 1. The minimum Gasteiger partial charge on any atom is -0.481 e. The van der Waals surface area contributed by atoms with Crippen LogP contribution in [0.1, 0.15) is 19.4 Å². The first-order valence-electron chi connectivity index (χ1n) is 8.27. The number of aryl methyl sites for hydroxylation is 1. The van der Waals surface area contributed by atoms with E-state index in [1.165, 1.54) is 11.0 Å². The van der Waals surface area contributed by atoms with Crippen molar-refractivity contribution >= 4 is 22.8 Å². The average molecular weight is 344 g/mol. The monoisotopic (exact) mass is 344 g/mol. The predicted molar refractivity (Wildman–Crippen MR) is 91.5 cm³/mol. The van der Waals surface area contributed by atoms with E-state index in [1.54, 1.807) is 19.1 Å². The van der Waals surface area contributed by atoms with E-state index in [4.69, 9.17) is 9.15 Å². The highest BCUT2D eigenvalue weighted by Crippen LogP contribution is 2.24. The lowest BCUT2D eigenvalue weighted by molar-refractivity contribution is -0.143. The fraction of sp³-hybridized carbons (Fsp3) is 0.389. The summed E-state index contributed by atoms with van der Waals surface area (Å²) >= 11 is 0. The molecule has 1 aliphatic heterocycles. The zero-order chi connectivity index (χ0) is 18.0. The van der Waals surface area contributed by atoms with Crippen LogP contribution in [0.2, 0.25) is 0 Å². The molecule has 0 bridgehead atoms. The standard InChI is InChI=1S/C18H20N2O5/c1-3-12-8-17(22)25-15-9-13(4-5-14(12)15)24-11(2)18(23)20-7-6-19-16(21)10-20/h4-5,8-9,11H,3,6-7,10H2,1-2H3,(H,19,21). The molecule has 25 heavy (non-hydrogen) atoms. The van der Waals surface area contributed by atoms with Gasteiger partial charge in [-0.05, 0) is 31.0 Å². The van der Waals surface area contributed by atoms with E-state index in [2.05, 4.69) is 5.32 Å². The normalized spacial score (nSPS) is 15.8. The van der Waals surface area contributed by atoms with Gasteiger partial charge in [0, 0.05) is 30.6 Å². The van der Waals surface area contributed by atoms with Crippen LogP contribution < -0.4 is 15.7 Å². The lowest BCUT2D eigenvalue weighted by Crippen LogP contribution is -2.53. The van der Waals surface area contributed by atoms with Crippen molar-refractivity contribution in [3.8, 4) is 5.75 Å². The number of nitrogens with one attached hydrogen (secondary N) is 1. The fourth-order valence-electron chi connectivity index (χ4n) is 2.91. The summed E-state index contributed by atoms with van der Waals surface area (Å²) < 4.78 is 10.9. The zero-order valence-corrected chi connectivity index (χ0v) is 14.2. The highest BCUT2D eigenvalue weighted by atomic mass is 16.5. The summed E-state index contributed by atoms with van der Waals surface area (Å²) in [4.78, 5) is 36.9. The summed E-state index contributed by atoms with van der Waals surface area (Å²) in [6.45, 7) is 4.55. The molecule has 2 heterocycles. The topological polar surface area (TPSA) is 88.8 Å². The van der Waals surface area contributed by atoms with Gasteiger partial charge in [-0.1, -0.05) is 6.92 Å². The number of carbonyl (C=O) groups excluding carboxylic acids is 2. The molecule has 3 rings (SSSR count). The Hall–Kier alpha value is -2.83. The molecule has 0 aliphatic carbocycles. The number of nitrogens with zero attached hydrogens (tertiary/aromatic N) is 1. The van der Waals surface area contributed by atoms with Crippen LogP contribution in [0.4, 0.5) is 0 Å². The zero-order valence-electron chi connectivity index (χ0n) is 14.2. The van der Waals surface area contributed by atoms with E-state index < -0.39 is 11.7 Å². The van der Waals surface area contributed by atoms with Crippen LogP contribution in [-0.2, 0) is 16.0 Å². The molecule has 1 atom stereocenters. The van der Waals surface area contributed by atoms with Gasteiger partial charge in [-0.2, -0.15) is 0 Å². The lowest BCUT2D eigenvalue weighted by Gasteiger charge is -2.29. The summed E-state index contributed by atoms with van der Waals surface area (Å²) in [5, 5.41) is 3.52. The maximum absolute atomic E-state index is 12.4. The van der Waals surface area contributed by atoms with Gasteiger partial charge < -0.3 is 19.4 Å². The van der Waals surface area contributed by atoms with Crippen molar-refractivity contribution in [2.24, 2.45) is 0 Å². The number of amides is 2. The molecule has 1 saturated heterocycles. The van der Waals surface area contributed by atoms with Gasteiger partial charge in [0.15, 0.2) is 6.10 Å². The Morgan fingerprint density at radius 3 is 2.88 bits per heavy atom. The number of rotatable bonds is 4. The molecule has 1 aromatic heterocycles. The Kier molecular flexibility index (Phi) is 4.74. The van der Waals surface area contributed by atoms with Crippen LogP contribution in [-0.4, -0.2) is 42.5 Å². The molecular weight excluding hydrogens is 324 g/mol. The maximum Gasteiger partial charge on any atom is 0.336 e. The smallest absolute Gasteiger partial charge is 0.336 e. The van der Waals surface area contributed by atoms with Gasteiger partial charge in [-0.3, -0.25) is 9.59 Å². The van der Waals surface area contributed by atoms with Crippen molar-refractivity contribution in [3.05, 3.63) is 40.2 Å². The second-order valence-electron chi connectivity index (χ2n) is 5.97. The van der Waals surface area contributed by atoms with E-state index >= 15 is 0 Å². The number of piperazine rings is 1. The van der Waals surface area contributed by atoms with Crippen molar-refractivity contribution in [1.82, 2.24) is 10.2 Å². The number of fused-ring (bicyclic) bond motifs is 1. The maximum atomic E-state index is 12.4. The minimum absolute atomic E-state index is 0.0407. The van der Waals surface area contributed by atoms with Crippen LogP contribution in [0, 0.1) is 0 Å². The van der Waals surface area contributed by atoms with Gasteiger partial charge in [-0.25, -0.2) is 4.79 Å². The van der Waals surface area contributed by atoms with Gasteiger partial charge >= 0.3 is 5.63 Å². The van der Waals surface area contributed by atoms with Crippen molar-refractivity contribution < 1.29 is 18.7 Å². The lowest BCUT2D eigenvalue weighted by atomic mass is 10.1. The quantitative estimate of drug-likeness (QED) is 0.839. The first kappa shape index (κ1) is 17.0. The van der Waals surface area contributed by atoms with Crippen molar-refractivity contribution in [2.75, 3.05) is 19.6 Å². The summed E-state index contributed by atoms with van der Waals surface area (Å²) in [5.41, 5.74) is 0.921. The van der Waals surface area contributed by atoms with Crippen LogP contribution in [0.25, 0.3) is 11.0 Å². The highest BCUT2D eigenvalue weighted by molar-refractivity contribution is 5.88. The average Bonchev–Trinajstić information content (AvgIpc) is 2.59. The number of ether oxygens (including phenoxy) is 1. The number of hydrogen-bond acceptors (Lipinski definition) is 5. The molecule has 1 N–H and O–H groups in total. The Morgan fingerprint density at radius 1 is 1.36 bits per heavy atom. The fourth-order valence-corrected chi connectivity index (χ4v) is 2.91. The highest BCUT2D eigenvalue weighted by Gasteiger charge is 2.26. The Morgan fingerprint density at radius 2 is 2.16 bits per heavy atom. The van der Waals surface area contributed by atoms with Crippen LogP contribution in [0.3, 0.4) is 0 Å². The Balaban J connectivity index is 1.79. The van der Waals surface area contributed by atoms with Crippen molar-refractivity contribution in [1.29, 1.82) is 0 Å². The second-order valence-corrected chi connectivity index (χ2v) is 5.97. The molecule has 0 radical (unpaired) electrons. The third-order valence-electron chi connectivity index (χ3n) is 4.19. The Bertz CT molecular complexity index is 873. The SMILES string of the molecule is CCc1cc(=O)oc2cc(OC(C)C(=O)N3CCNC(=O)C3)ccc12. The molecule has 132 valence electrons. The molecule has 0 saturated carbocycles. The van der Waals surface area contributed by atoms with Gasteiger partial charge in [0.1, 0.15) is 11.3 Å². The number of carbonyl (C=O) groups is 2. The third-order valence-corrected chi connectivity index (χ3v) is 4.19. The summed E-state index contributed by atoms with van der Waals surface area (Å²) in [6.07, 6.45) is -0.0294. The molecular formula is C18H20N2O5. The van der Waals surface area contributed by atoms with Crippen LogP contribution >= 0.6 is 0 Å². The first-order valence-corrected chi connectivity index (χ1v) is 8.27. The van der Waals surface area contributed by atoms with E-state index in [-0.39, 0.29) is 18.4 Å². The minimum atomic E-state index is -0.746. The first-order chi connectivity index (χ1) is 12.0.